The van der Waals surface area contributed by atoms with Crippen molar-refractivity contribution in [2.45, 2.75) is 6.54 Å². The molecule has 0 saturated heterocycles. The van der Waals surface area contributed by atoms with Crippen LogP contribution in [-0.2, 0) is 13.6 Å². The highest BCUT2D eigenvalue weighted by molar-refractivity contribution is 5.72. The zero-order valence-electron chi connectivity index (χ0n) is 12.5. The maximum absolute atomic E-state index is 13.8. The molecule has 4 aromatic rings. The van der Waals surface area contributed by atoms with E-state index in [0.717, 1.165) is 4.68 Å². The van der Waals surface area contributed by atoms with Gasteiger partial charge in [-0.1, -0.05) is 17.3 Å². The molecule has 0 N–H and O–H groups in total. The number of halogens is 1. The summed E-state index contributed by atoms with van der Waals surface area (Å²) in [6, 6.07) is 6.22. The summed E-state index contributed by atoms with van der Waals surface area (Å²) in [5.74, 6) is 0.105. The summed E-state index contributed by atoms with van der Waals surface area (Å²) < 4.78 is 21.9. The monoisotopic (exact) mass is 326 g/mol. The second kappa shape index (κ2) is 5.37. The molecule has 0 radical (unpaired) electrons. The number of aromatic nitrogens is 6. The summed E-state index contributed by atoms with van der Waals surface area (Å²) in [4.78, 5) is 16.4. The van der Waals surface area contributed by atoms with Crippen LogP contribution < -0.4 is 5.56 Å². The van der Waals surface area contributed by atoms with Gasteiger partial charge < -0.3 is 4.42 Å². The molecular weight excluding hydrogens is 315 g/mol. The van der Waals surface area contributed by atoms with E-state index in [1.165, 1.54) is 23.1 Å². The Kier molecular flexibility index (Phi) is 3.19. The van der Waals surface area contributed by atoms with E-state index in [-0.39, 0.29) is 23.8 Å². The lowest BCUT2D eigenvalue weighted by Crippen LogP contribution is -2.24. The number of nitrogens with zero attached hydrogens (tertiary/aromatic N) is 6. The van der Waals surface area contributed by atoms with Crippen LogP contribution in [0.1, 0.15) is 5.89 Å². The Morgan fingerprint density at radius 1 is 1.25 bits per heavy atom. The average molecular weight is 326 g/mol. The predicted molar refractivity (Wildman–Crippen MR) is 81.6 cm³/mol. The van der Waals surface area contributed by atoms with E-state index in [1.54, 1.807) is 25.2 Å². The van der Waals surface area contributed by atoms with Gasteiger partial charge in [-0.05, 0) is 12.1 Å². The molecule has 120 valence electrons. The van der Waals surface area contributed by atoms with Crippen LogP contribution in [0.25, 0.3) is 22.4 Å². The van der Waals surface area contributed by atoms with E-state index in [1.807, 2.05) is 0 Å². The first kappa shape index (κ1) is 14.2. The van der Waals surface area contributed by atoms with Crippen LogP contribution in [0.4, 0.5) is 4.39 Å². The largest absolute Gasteiger partial charge is 0.439 e. The Bertz CT molecular complexity index is 1100. The van der Waals surface area contributed by atoms with Gasteiger partial charge in [0.2, 0.25) is 5.89 Å². The average Bonchev–Trinajstić information content (AvgIpc) is 3.18. The van der Waals surface area contributed by atoms with E-state index in [2.05, 4.69) is 20.4 Å². The van der Waals surface area contributed by atoms with Crippen LogP contribution in [0.3, 0.4) is 0 Å². The van der Waals surface area contributed by atoms with Crippen molar-refractivity contribution in [2.75, 3.05) is 0 Å². The van der Waals surface area contributed by atoms with Gasteiger partial charge in [-0.2, -0.15) is 5.10 Å². The SMILES string of the molecule is Cn1ncc2c(=O)n(Cc3ncc(-c4ccccc4F)o3)nnc21. The van der Waals surface area contributed by atoms with Gasteiger partial charge in [-0.3, -0.25) is 4.79 Å². The van der Waals surface area contributed by atoms with Gasteiger partial charge in [-0.25, -0.2) is 18.7 Å². The lowest BCUT2D eigenvalue weighted by atomic mass is 10.2. The Balaban J connectivity index is 1.69. The zero-order chi connectivity index (χ0) is 16.7. The third-order valence-corrected chi connectivity index (χ3v) is 3.60. The summed E-state index contributed by atoms with van der Waals surface area (Å²) in [5.41, 5.74) is 0.354. The van der Waals surface area contributed by atoms with Crippen LogP contribution >= 0.6 is 0 Å². The molecule has 0 amide bonds. The number of aryl methyl sites for hydroxylation is 1. The summed E-state index contributed by atoms with van der Waals surface area (Å²) in [6.07, 6.45) is 2.85. The molecule has 0 aliphatic carbocycles. The zero-order valence-corrected chi connectivity index (χ0v) is 12.5. The van der Waals surface area contributed by atoms with Crippen LogP contribution in [0.2, 0.25) is 0 Å². The Hall–Kier alpha value is -3.36. The van der Waals surface area contributed by atoms with Gasteiger partial charge in [0.05, 0.1) is 18.0 Å². The fraction of sp³-hybridized carbons (Fsp3) is 0.133. The molecule has 1 aromatic carbocycles. The summed E-state index contributed by atoms with van der Waals surface area (Å²) >= 11 is 0. The minimum absolute atomic E-state index is 0.00881. The van der Waals surface area contributed by atoms with E-state index in [0.29, 0.717) is 16.6 Å². The molecule has 0 spiro atoms. The molecule has 0 aliphatic rings. The lowest BCUT2D eigenvalue weighted by molar-refractivity contribution is 0.456. The van der Waals surface area contributed by atoms with Crippen molar-refractivity contribution in [3.8, 4) is 11.3 Å². The van der Waals surface area contributed by atoms with Crippen molar-refractivity contribution >= 4 is 11.0 Å². The van der Waals surface area contributed by atoms with Crippen LogP contribution in [-0.4, -0.2) is 29.8 Å². The van der Waals surface area contributed by atoms with Gasteiger partial charge in [0.15, 0.2) is 11.4 Å². The third kappa shape index (κ3) is 2.26. The molecule has 4 rings (SSSR count). The fourth-order valence-corrected chi connectivity index (χ4v) is 2.38. The number of fused-ring (bicyclic) bond motifs is 1. The van der Waals surface area contributed by atoms with Crippen molar-refractivity contribution in [3.63, 3.8) is 0 Å². The van der Waals surface area contributed by atoms with E-state index < -0.39 is 5.82 Å². The number of oxazole rings is 1. The van der Waals surface area contributed by atoms with Crippen molar-refractivity contribution < 1.29 is 8.81 Å². The molecule has 0 aliphatic heterocycles. The number of rotatable bonds is 3. The maximum Gasteiger partial charge on any atom is 0.281 e. The molecule has 3 aromatic heterocycles. The number of hydrogen-bond donors (Lipinski definition) is 0. The third-order valence-electron chi connectivity index (χ3n) is 3.60. The molecular formula is C15H11FN6O2. The van der Waals surface area contributed by atoms with Crippen molar-refractivity contribution in [1.29, 1.82) is 0 Å². The second-order valence-corrected chi connectivity index (χ2v) is 5.16. The van der Waals surface area contributed by atoms with Gasteiger partial charge >= 0.3 is 0 Å². The topological polar surface area (TPSA) is 91.6 Å². The molecule has 0 atom stereocenters. The molecule has 3 heterocycles. The van der Waals surface area contributed by atoms with Crippen LogP contribution in [0.15, 0.2) is 45.9 Å². The molecule has 24 heavy (non-hydrogen) atoms. The Labute approximate surface area is 134 Å². The summed E-state index contributed by atoms with van der Waals surface area (Å²) in [6.45, 7) is -0.00881. The standard InChI is InChI=1S/C15H11FN6O2/c1-21-14-10(6-18-21)15(23)22(20-19-14)8-13-17-7-12(24-13)9-4-2-3-5-11(9)16/h2-7H,8H2,1H3. The first-order chi connectivity index (χ1) is 11.6. The molecule has 0 unspecified atom stereocenters. The van der Waals surface area contributed by atoms with Gasteiger partial charge in [0.1, 0.15) is 17.7 Å². The van der Waals surface area contributed by atoms with E-state index in [4.69, 9.17) is 4.42 Å². The van der Waals surface area contributed by atoms with Crippen LogP contribution in [0.5, 0.6) is 0 Å². The fourth-order valence-electron chi connectivity index (χ4n) is 2.38. The van der Waals surface area contributed by atoms with Crippen LogP contribution in [0, 0.1) is 5.82 Å². The molecule has 0 fully saturated rings. The summed E-state index contributed by atoms with van der Waals surface area (Å²) in [7, 11) is 1.68. The maximum atomic E-state index is 13.8. The second-order valence-electron chi connectivity index (χ2n) is 5.16. The molecule has 8 nitrogen and oxygen atoms in total. The lowest BCUT2D eigenvalue weighted by Gasteiger charge is -2.00. The van der Waals surface area contributed by atoms with Crippen molar-refractivity contribution in [2.24, 2.45) is 7.05 Å². The van der Waals surface area contributed by atoms with E-state index in [9.17, 15) is 9.18 Å². The first-order valence-corrected chi connectivity index (χ1v) is 7.08. The minimum Gasteiger partial charge on any atom is -0.439 e. The Morgan fingerprint density at radius 3 is 2.92 bits per heavy atom. The highest BCUT2D eigenvalue weighted by Gasteiger charge is 2.14. The van der Waals surface area contributed by atoms with Gasteiger partial charge in [0.25, 0.3) is 5.56 Å². The first-order valence-electron chi connectivity index (χ1n) is 7.08. The number of benzene rings is 1. The van der Waals surface area contributed by atoms with Gasteiger partial charge in [0, 0.05) is 7.05 Å². The minimum atomic E-state index is -0.408. The Morgan fingerprint density at radius 2 is 2.08 bits per heavy atom. The molecule has 0 saturated carbocycles. The summed E-state index contributed by atoms with van der Waals surface area (Å²) in [5, 5.41) is 12.1. The smallest absolute Gasteiger partial charge is 0.281 e. The van der Waals surface area contributed by atoms with Crippen molar-refractivity contribution in [1.82, 2.24) is 29.8 Å². The predicted octanol–water partition coefficient (Wildman–Crippen LogP) is 1.37. The highest BCUT2D eigenvalue weighted by atomic mass is 19.1. The van der Waals surface area contributed by atoms with E-state index >= 15 is 0 Å². The number of hydrogen-bond acceptors (Lipinski definition) is 6. The highest BCUT2D eigenvalue weighted by Crippen LogP contribution is 2.23. The molecule has 9 heteroatoms. The normalized spacial score (nSPS) is 11.2. The van der Waals surface area contributed by atoms with Crippen molar-refractivity contribution in [3.05, 3.63) is 58.7 Å². The van der Waals surface area contributed by atoms with Gasteiger partial charge in [-0.15, -0.1) is 5.10 Å². The molecule has 0 bridgehead atoms. The quantitative estimate of drug-likeness (QED) is 0.564.